The molecular weight excluding hydrogens is 250 g/mol. The lowest BCUT2D eigenvalue weighted by molar-refractivity contribution is 0.119. The van der Waals surface area contributed by atoms with Gasteiger partial charge in [-0.1, -0.05) is 48.8 Å². The molecule has 2 heterocycles. The molecule has 1 atom stereocenters. The van der Waals surface area contributed by atoms with Gasteiger partial charge in [-0.3, -0.25) is 4.90 Å². The standard InChI is InChI=1S/C16H21N3O/c1-2-11-19-12-7-6-10-14(19)16-17-15(18-20-16)13-8-4-3-5-9-13/h3-5,8-9,14H,2,6-7,10-12H2,1H3/t14-/m0/s1. The average Bonchev–Trinajstić information content (AvgIpc) is 2.99. The summed E-state index contributed by atoms with van der Waals surface area (Å²) in [6, 6.07) is 10.3. The van der Waals surface area contributed by atoms with Crippen molar-refractivity contribution in [3.8, 4) is 11.4 Å². The molecule has 0 radical (unpaired) electrons. The number of rotatable bonds is 4. The maximum atomic E-state index is 5.53. The van der Waals surface area contributed by atoms with Crippen molar-refractivity contribution in [2.45, 2.75) is 38.6 Å². The first-order valence-electron chi connectivity index (χ1n) is 7.51. The Kier molecular flexibility index (Phi) is 4.11. The summed E-state index contributed by atoms with van der Waals surface area (Å²) in [5, 5.41) is 4.14. The second-order valence-electron chi connectivity index (χ2n) is 5.37. The second kappa shape index (κ2) is 6.18. The molecule has 1 aliphatic rings. The fourth-order valence-electron chi connectivity index (χ4n) is 2.90. The molecule has 0 aliphatic carbocycles. The van der Waals surface area contributed by atoms with Gasteiger partial charge in [0.05, 0.1) is 6.04 Å². The van der Waals surface area contributed by atoms with E-state index in [0.717, 1.165) is 37.4 Å². The van der Waals surface area contributed by atoms with Gasteiger partial charge < -0.3 is 4.52 Å². The highest BCUT2D eigenvalue weighted by Crippen LogP contribution is 2.30. The average molecular weight is 271 g/mol. The van der Waals surface area contributed by atoms with Crippen LogP contribution < -0.4 is 0 Å². The molecule has 1 aliphatic heterocycles. The molecule has 2 aromatic rings. The first kappa shape index (κ1) is 13.3. The van der Waals surface area contributed by atoms with E-state index in [2.05, 4.69) is 22.0 Å². The summed E-state index contributed by atoms with van der Waals surface area (Å²) in [7, 11) is 0. The molecule has 4 nitrogen and oxygen atoms in total. The Morgan fingerprint density at radius 3 is 2.90 bits per heavy atom. The Bertz CT molecular complexity index is 536. The quantitative estimate of drug-likeness (QED) is 0.850. The minimum absolute atomic E-state index is 0.300. The highest BCUT2D eigenvalue weighted by atomic mass is 16.5. The molecule has 0 N–H and O–H groups in total. The summed E-state index contributed by atoms with van der Waals surface area (Å²) in [6.07, 6.45) is 4.80. The molecule has 0 unspecified atom stereocenters. The van der Waals surface area contributed by atoms with Crippen LogP contribution in [0.15, 0.2) is 34.9 Å². The largest absolute Gasteiger partial charge is 0.337 e. The van der Waals surface area contributed by atoms with E-state index in [0.29, 0.717) is 11.9 Å². The number of aromatic nitrogens is 2. The van der Waals surface area contributed by atoms with E-state index in [1.54, 1.807) is 0 Å². The minimum atomic E-state index is 0.300. The zero-order chi connectivity index (χ0) is 13.8. The van der Waals surface area contributed by atoms with Gasteiger partial charge in [0.25, 0.3) is 0 Å². The van der Waals surface area contributed by atoms with Crippen LogP contribution >= 0.6 is 0 Å². The third-order valence-corrected chi connectivity index (χ3v) is 3.88. The van der Waals surface area contributed by atoms with Gasteiger partial charge in [0.2, 0.25) is 11.7 Å². The molecule has 1 saturated heterocycles. The van der Waals surface area contributed by atoms with E-state index in [1.807, 2.05) is 30.3 Å². The van der Waals surface area contributed by atoms with Crippen LogP contribution in [0.2, 0.25) is 0 Å². The predicted molar refractivity (Wildman–Crippen MR) is 78.2 cm³/mol. The summed E-state index contributed by atoms with van der Waals surface area (Å²) in [5.74, 6) is 1.47. The van der Waals surface area contributed by atoms with Gasteiger partial charge in [-0.25, -0.2) is 0 Å². The van der Waals surface area contributed by atoms with E-state index < -0.39 is 0 Å². The summed E-state index contributed by atoms with van der Waals surface area (Å²) in [6.45, 7) is 4.46. The summed E-state index contributed by atoms with van der Waals surface area (Å²) in [5.41, 5.74) is 1.01. The number of benzene rings is 1. The number of nitrogens with zero attached hydrogens (tertiary/aromatic N) is 3. The molecule has 1 aromatic heterocycles. The molecule has 0 saturated carbocycles. The van der Waals surface area contributed by atoms with Crippen molar-refractivity contribution >= 4 is 0 Å². The van der Waals surface area contributed by atoms with Gasteiger partial charge in [-0.2, -0.15) is 4.98 Å². The van der Waals surface area contributed by atoms with Crippen LogP contribution in [-0.4, -0.2) is 28.1 Å². The van der Waals surface area contributed by atoms with Crippen LogP contribution in [0.3, 0.4) is 0 Å². The monoisotopic (exact) mass is 271 g/mol. The van der Waals surface area contributed by atoms with E-state index in [4.69, 9.17) is 4.52 Å². The molecule has 1 aromatic carbocycles. The highest BCUT2D eigenvalue weighted by Gasteiger charge is 2.28. The maximum absolute atomic E-state index is 5.53. The van der Waals surface area contributed by atoms with Crippen molar-refractivity contribution in [3.05, 3.63) is 36.2 Å². The summed E-state index contributed by atoms with van der Waals surface area (Å²) >= 11 is 0. The molecule has 0 spiro atoms. The zero-order valence-electron chi connectivity index (χ0n) is 12.0. The van der Waals surface area contributed by atoms with Crippen LogP contribution in [0, 0.1) is 0 Å². The number of piperidine rings is 1. The number of hydrogen-bond donors (Lipinski definition) is 0. The number of likely N-dealkylation sites (tertiary alicyclic amines) is 1. The Morgan fingerprint density at radius 1 is 1.25 bits per heavy atom. The maximum Gasteiger partial charge on any atom is 0.244 e. The van der Waals surface area contributed by atoms with E-state index in [-0.39, 0.29) is 0 Å². The molecular formula is C16H21N3O. The Balaban J connectivity index is 1.81. The van der Waals surface area contributed by atoms with Gasteiger partial charge >= 0.3 is 0 Å². The third kappa shape index (κ3) is 2.75. The zero-order valence-corrected chi connectivity index (χ0v) is 12.0. The van der Waals surface area contributed by atoms with Crippen LogP contribution in [-0.2, 0) is 0 Å². The number of hydrogen-bond acceptors (Lipinski definition) is 4. The lowest BCUT2D eigenvalue weighted by Gasteiger charge is -2.32. The molecule has 0 bridgehead atoms. The fourth-order valence-corrected chi connectivity index (χ4v) is 2.90. The second-order valence-corrected chi connectivity index (χ2v) is 5.37. The fraction of sp³-hybridized carbons (Fsp3) is 0.500. The molecule has 3 rings (SSSR count). The van der Waals surface area contributed by atoms with Crippen LogP contribution in [0.4, 0.5) is 0 Å². The molecule has 0 amide bonds. The normalized spacial score (nSPS) is 20.1. The lowest BCUT2D eigenvalue weighted by atomic mass is 10.0. The van der Waals surface area contributed by atoms with Crippen LogP contribution in [0.25, 0.3) is 11.4 Å². The summed E-state index contributed by atoms with van der Waals surface area (Å²) in [4.78, 5) is 7.10. The summed E-state index contributed by atoms with van der Waals surface area (Å²) < 4.78 is 5.53. The highest BCUT2D eigenvalue weighted by molar-refractivity contribution is 5.53. The first-order valence-corrected chi connectivity index (χ1v) is 7.51. The third-order valence-electron chi connectivity index (χ3n) is 3.88. The predicted octanol–water partition coefficient (Wildman–Crippen LogP) is 3.67. The van der Waals surface area contributed by atoms with Gasteiger partial charge in [0.15, 0.2) is 0 Å². The van der Waals surface area contributed by atoms with Crippen LogP contribution in [0.5, 0.6) is 0 Å². The van der Waals surface area contributed by atoms with Gasteiger partial charge in [-0.05, 0) is 32.4 Å². The van der Waals surface area contributed by atoms with Crippen molar-refractivity contribution in [3.63, 3.8) is 0 Å². The van der Waals surface area contributed by atoms with E-state index in [9.17, 15) is 0 Å². The minimum Gasteiger partial charge on any atom is -0.337 e. The Hall–Kier alpha value is -1.68. The van der Waals surface area contributed by atoms with Gasteiger partial charge in [-0.15, -0.1) is 0 Å². The smallest absolute Gasteiger partial charge is 0.244 e. The van der Waals surface area contributed by atoms with E-state index in [1.165, 1.54) is 12.8 Å². The Morgan fingerprint density at radius 2 is 2.10 bits per heavy atom. The van der Waals surface area contributed by atoms with Crippen molar-refractivity contribution in [2.24, 2.45) is 0 Å². The van der Waals surface area contributed by atoms with Crippen molar-refractivity contribution in [2.75, 3.05) is 13.1 Å². The van der Waals surface area contributed by atoms with Crippen molar-refractivity contribution < 1.29 is 4.52 Å². The first-order chi connectivity index (χ1) is 9.88. The Labute approximate surface area is 119 Å². The van der Waals surface area contributed by atoms with E-state index >= 15 is 0 Å². The topological polar surface area (TPSA) is 42.2 Å². The van der Waals surface area contributed by atoms with Crippen molar-refractivity contribution in [1.82, 2.24) is 15.0 Å². The molecule has 20 heavy (non-hydrogen) atoms. The molecule has 1 fully saturated rings. The molecule has 106 valence electrons. The SMILES string of the molecule is CCCN1CCCC[C@H]1c1nc(-c2ccccc2)no1. The lowest BCUT2D eigenvalue weighted by Crippen LogP contribution is -2.34. The van der Waals surface area contributed by atoms with Gasteiger partial charge in [0.1, 0.15) is 0 Å². The van der Waals surface area contributed by atoms with Crippen LogP contribution in [0.1, 0.15) is 44.5 Å². The molecule has 4 heteroatoms. The van der Waals surface area contributed by atoms with Gasteiger partial charge in [0, 0.05) is 5.56 Å². The van der Waals surface area contributed by atoms with Crippen molar-refractivity contribution in [1.29, 1.82) is 0 Å².